The van der Waals surface area contributed by atoms with Gasteiger partial charge >= 0.3 is 0 Å². The summed E-state index contributed by atoms with van der Waals surface area (Å²) in [5.41, 5.74) is 3.50. The maximum atomic E-state index is 6.15. The van der Waals surface area contributed by atoms with Gasteiger partial charge in [0.2, 0.25) is 5.90 Å². The van der Waals surface area contributed by atoms with E-state index < -0.39 is 0 Å². The number of rotatable bonds is 1. The Kier molecular flexibility index (Phi) is 2.39. The lowest BCUT2D eigenvalue weighted by molar-refractivity contribution is 0.206. The summed E-state index contributed by atoms with van der Waals surface area (Å²) in [6.07, 6.45) is 2.87. The number of aliphatic imine (C=N–C) groups is 1. The van der Waals surface area contributed by atoms with Gasteiger partial charge in [0, 0.05) is 18.0 Å². The summed E-state index contributed by atoms with van der Waals surface area (Å²) in [6, 6.07) is 18.8. The van der Waals surface area contributed by atoms with Crippen molar-refractivity contribution in [1.29, 1.82) is 0 Å². The molecule has 5 rings (SSSR count). The number of ether oxygens (including phenoxy) is 1. The molecule has 0 amide bonds. The number of fused-ring (bicyclic) bond motifs is 4. The Balaban J connectivity index is 1.63. The van der Waals surface area contributed by atoms with Gasteiger partial charge in [-0.1, -0.05) is 48.5 Å². The Hall–Kier alpha value is -2.68. The normalized spacial score (nSPS) is 22.1. The van der Waals surface area contributed by atoms with Crippen LogP contribution in [0.25, 0.3) is 10.8 Å². The quantitative estimate of drug-likeness (QED) is 0.684. The maximum absolute atomic E-state index is 6.15. The highest BCUT2D eigenvalue weighted by Gasteiger charge is 2.39. The van der Waals surface area contributed by atoms with Crippen molar-refractivity contribution in [2.45, 2.75) is 18.6 Å². The molecule has 22 heavy (non-hydrogen) atoms. The molecule has 106 valence electrons. The van der Waals surface area contributed by atoms with Crippen LogP contribution in [0.3, 0.4) is 0 Å². The molecule has 0 saturated carbocycles. The van der Waals surface area contributed by atoms with Gasteiger partial charge < -0.3 is 4.74 Å². The average molecular weight is 286 g/mol. The summed E-state index contributed by atoms with van der Waals surface area (Å²) in [4.78, 5) is 9.36. The van der Waals surface area contributed by atoms with Gasteiger partial charge in [-0.05, 0) is 22.6 Å². The Morgan fingerprint density at radius 3 is 2.82 bits per heavy atom. The SMILES string of the molecule is c1ccc2c(c1)C[C@H]1OC(c3nccc4ccccc34)=N[C@@H]21. The molecule has 1 aliphatic carbocycles. The molecule has 0 saturated heterocycles. The zero-order valence-corrected chi connectivity index (χ0v) is 11.9. The van der Waals surface area contributed by atoms with Gasteiger partial charge in [0.15, 0.2) is 0 Å². The third kappa shape index (κ3) is 1.62. The van der Waals surface area contributed by atoms with E-state index in [0.29, 0.717) is 5.90 Å². The highest BCUT2D eigenvalue weighted by atomic mass is 16.5. The molecule has 0 unspecified atom stereocenters. The minimum atomic E-state index is 0.118. The van der Waals surface area contributed by atoms with E-state index in [1.165, 1.54) is 11.1 Å². The van der Waals surface area contributed by atoms with Gasteiger partial charge in [-0.15, -0.1) is 0 Å². The number of aromatic nitrogens is 1. The van der Waals surface area contributed by atoms with Crippen molar-refractivity contribution in [3.63, 3.8) is 0 Å². The van der Waals surface area contributed by atoms with E-state index in [9.17, 15) is 0 Å². The second kappa shape index (κ2) is 4.41. The van der Waals surface area contributed by atoms with E-state index in [1.54, 1.807) is 0 Å². The topological polar surface area (TPSA) is 34.5 Å². The number of pyridine rings is 1. The second-order valence-electron chi connectivity index (χ2n) is 5.82. The molecule has 0 spiro atoms. The zero-order valence-electron chi connectivity index (χ0n) is 11.9. The Morgan fingerprint density at radius 2 is 1.82 bits per heavy atom. The van der Waals surface area contributed by atoms with Crippen molar-refractivity contribution < 1.29 is 4.74 Å². The fourth-order valence-electron chi connectivity index (χ4n) is 3.50. The molecule has 1 aliphatic heterocycles. The molecule has 0 bridgehead atoms. The smallest absolute Gasteiger partial charge is 0.237 e. The van der Waals surface area contributed by atoms with E-state index in [1.807, 2.05) is 24.4 Å². The van der Waals surface area contributed by atoms with Crippen molar-refractivity contribution in [3.05, 3.63) is 77.6 Å². The molecule has 3 aromatic rings. The summed E-state index contributed by atoms with van der Waals surface area (Å²) >= 11 is 0. The molecule has 2 aliphatic rings. The first-order valence-electron chi connectivity index (χ1n) is 7.56. The lowest BCUT2D eigenvalue weighted by atomic mass is 10.1. The van der Waals surface area contributed by atoms with Crippen molar-refractivity contribution >= 4 is 16.7 Å². The van der Waals surface area contributed by atoms with Crippen LogP contribution in [0.5, 0.6) is 0 Å². The minimum absolute atomic E-state index is 0.118. The third-order valence-corrected chi connectivity index (χ3v) is 4.54. The standard InChI is InChI=1S/C19H14N2O/c1-3-7-14-12(5-1)9-10-20-18(14)19-21-17-15-8-4-2-6-13(15)11-16(17)22-19/h1-10,16-17H,11H2/t16-,17+/m1/s1. The van der Waals surface area contributed by atoms with Gasteiger partial charge in [-0.25, -0.2) is 4.99 Å². The number of hydrogen-bond acceptors (Lipinski definition) is 3. The number of nitrogens with zero attached hydrogens (tertiary/aromatic N) is 2. The molecule has 3 nitrogen and oxygen atoms in total. The van der Waals surface area contributed by atoms with Gasteiger partial charge in [-0.3, -0.25) is 4.98 Å². The first-order chi connectivity index (χ1) is 10.9. The summed E-state index contributed by atoms with van der Waals surface area (Å²) in [5.74, 6) is 0.682. The molecule has 0 radical (unpaired) electrons. The molecule has 0 fully saturated rings. The van der Waals surface area contributed by atoms with Crippen LogP contribution in [0, 0.1) is 0 Å². The van der Waals surface area contributed by atoms with Gasteiger partial charge in [0.1, 0.15) is 17.8 Å². The first kappa shape index (κ1) is 11.9. The number of benzene rings is 2. The van der Waals surface area contributed by atoms with Gasteiger partial charge in [0.05, 0.1) is 0 Å². The summed E-state index contributed by atoms with van der Waals surface area (Å²) in [5, 5.41) is 2.26. The Morgan fingerprint density at radius 1 is 0.955 bits per heavy atom. The van der Waals surface area contributed by atoms with E-state index in [0.717, 1.165) is 22.9 Å². The van der Waals surface area contributed by atoms with Gasteiger partial charge in [-0.2, -0.15) is 0 Å². The highest BCUT2D eigenvalue weighted by molar-refractivity contribution is 6.05. The predicted octanol–water partition coefficient (Wildman–Crippen LogP) is 3.68. The van der Waals surface area contributed by atoms with E-state index >= 15 is 0 Å². The summed E-state index contributed by atoms with van der Waals surface area (Å²) in [6.45, 7) is 0. The van der Waals surface area contributed by atoms with Crippen LogP contribution in [0.2, 0.25) is 0 Å². The third-order valence-electron chi connectivity index (χ3n) is 4.54. The fourth-order valence-corrected chi connectivity index (χ4v) is 3.50. The molecular formula is C19H14N2O. The van der Waals surface area contributed by atoms with Crippen LogP contribution in [-0.4, -0.2) is 17.0 Å². The average Bonchev–Trinajstić information content (AvgIpc) is 3.12. The summed E-state index contributed by atoms with van der Waals surface area (Å²) < 4.78 is 6.15. The van der Waals surface area contributed by atoms with Crippen molar-refractivity contribution in [2.24, 2.45) is 4.99 Å². The van der Waals surface area contributed by atoms with Crippen LogP contribution < -0.4 is 0 Å². The van der Waals surface area contributed by atoms with Crippen LogP contribution in [0.15, 0.2) is 65.8 Å². The van der Waals surface area contributed by atoms with Crippen LogP contribution in [0.1, 0.15) is 22.9 Å². The molecule has 0 N–H and O–H groups in total. The lowest BCUT2D eigenvalue weighted by Crippen LogP contribution is -2.14. The van der Waals surface area contributed by atoms with E-state index in [-0.39, 0.29) is 12.1 Å². The van der Waals surface area contributed by atoms with E-state index in [4.69, 9.17) is 9.73 Å². The molecule has 3 heteroatoms. The predicted molar refractivity (Wildman–Crippen MR) is 86.0 cm³/mol. The first-order valence-corrected chi connectivity index (χ1v) is 7.56. The molecule has 2 aromatic carbocycles. The maximum Gasteiger partial charge on any atom is 0.237 e. The van der Waals surface area contributed by atoms with Crippen molar-refractivity contribution in [2.75, 3.05) is 0 Å². The molecule has 2 heterocycles. The largest absolute Gasteiger partial charge is 0.470 e. The molecular weight excluding hydrogens is 272 g/mol. The fraction of sp³-hybridized carbons (Fsp3) is 0.158. The van der Waals surface area contributed by atoms with Crippen LogP contribution in [0.4, 0.5) is 0 Å². The highest BCUT2D eigenvalue weighted by Crippen LogP contribution is 2.40. The minimum Gasteiger partial charge on any atom is -0.470 e. The summed E-state index contributed by atoms with van der Waals surface area (Å²) in [7, 11) is 0. The Bertz CT molecular complexity index is 911. The van der Waals surface area contributed by atoms with Crippen LogP contribution >= 0.6 is 0 Å². The second-order valence-corrected chi connectivity index (χ2v) is 5.82. The monoisotopic (exact) mass is 286 g/mol. The van der Waals surface area contributed by atoms with Crippen molar-refractivity contribution in [3.8, 4) is 0 Å². The molecule has 1 aromatic heterocycles. The zero-order chi connectivity index (χ0) is 14.5. The lowest BCUT2D eigenvalue weighted by Gasteiger charge is -2.09. The van der Waals surface area contributed by atoms with Crippen LogP contribution in [-0.2, 0) is 11.2 Å². The van der Waals surface area contributed by atoms with Crippen molar-refractivity contribution in [1.82, 2.24) is 4.98 Å². The Labute approximate surface area is 128 Å². The molecule has 2 atom stereocenters. The van der Waals surface area contributed by atoms with Gasteiger partial charge in [0.25, 0.3) is 0 Å². The van der Waals surface area contributed by atoms with E-state index in [2.05, 4.69) is 41.4 Å². The number of hydrogen-bond donors (Lipinski definition) is 0.